The van der Waals surface area contributed by atoms with Crippen LogP contribution >= 0.6 is 31.9 Å². The Bertz CT molecular complexity index is 333. The zero-order valence-electron chi connectivity index (χ0n) is 10.0. The van der Waals surface area contributed by atoms with E-state index in [2.05, 4.69) is 48.9 Å². The maximum absolute atomic E-state index is 5.61. The van der Waals surface area contributed by atoms with E-state index in [4.69, 9.17) is 9.47 Å². The number of aromatic nitrogens is 3. The van der Waals surface area contributed by atoms with Gasteiger partial charge in [-0.1, -0.05) is 13.3 Å². The Kier molecular flexibility index (Phi) is 7.26. The van der Waals surface area contributed by atoms with Gasteiger partial charge in [-0.2, -0.15) is 4.98 Å². The van der Waals surface area contributed by atoms with Crippen LogP contribution in [0.25, 0.3) is 0 Å². The summed E-state index contributed by atoms with van der Waals surface area (Å²) in [4.78, 5) is 4.08. The standard InChI is InChI=1S/C10H17Br2N3O2/c1-3-4-5-8(16-2)17-7-6-15-10(12)13-9(11)14-15/h8H,3-7H2,1-2H3. The molecular formula is C10H17Br2N3O2. The highest BCUT2D eigenvalue weighted by molar-refractivity contribution is 9.11. The van der Waals surface area contributed by atoms with Gasteiger partial charge in [0.05, 0.1) is 13.2 Å². The van der Waals surface area contributed by atoms with Crippen molar-refractivity contribution in [3.05, 3.63) is 9.47 Å². The molecule has 0 saturated heterocycles. The molecule has 0 aromatic carbocycles. The number of hydrogen-bond acceptors (Lipinski definition) is 4. The van der Waals surface area contributed by atoms with Crippen molar-refractivity contribution in [3.63, 3.8) is 0 Å². The minimum Gasteiger partial charge on any atom is -0.356 e. The largest absolute Gasteiger partial charge is 0.356 e. The molecule has 17 heavy (non-hydrogen) atoms. The number of ether oxygens (including phenoxy) is 2. The van der Waals surface area contributed by atoms with Gasteiger partial charge in [0.25, 0.3) is 0 Å². The smallest absolute Gasteiger partial charge is 0.218 e. The molecule has 0 fully saturated rings. The molecule has 98 valence electrons. The second kappa shape index (κ2) is 8.18. The van der Waals surface area contributed by atoms with E-state index in [1.165, 1.54) is 0 Å². The van der Waals surface area contributed by atoms with E-state index in [0.29, 0.717) is 22.6 Å². The monoisotopic (exact) mass is 369 g/mol. The maximum atomic E-state index is 5.61. The minimum atomic E-state index is -0.124. The van der Waals surface area contributed by atoms with Gasteiger partial charge in [-0.3, -0.25) is 0 Å². The summed E-state index contributed by atoms with van der Waals surface area (Å²) in [6.45, 7) is 3.35. The van der Waals surface area contributed by atoms with Crippen molar-refractivity contribution < 1.29 is 9.47 Å². The van der Waals surface area contributed by atoms with Gasteiger partial charge in [-0.05, 0) is 44.7 Å². The molecule has 1 aromatic heterocycles. The van der Waals surface area contributed by atoms with Gasteiger partial charge in [-0.25, -0.2) is 4.68 Å². The number of unbranched alkanes of at least 4 members (excludes halogenated alkanes) is 1. The quantitative estimate of drug-likeness (QED) is 0.660. The second-order valence-electron chi connectivity index (χ2n) is 3.55. The lowest BCUT2D eigenvalue weighted by Crippen LogP contribution is -2.18. The first kappa shape index (κ1) is 15.1. The molecule has 5 nitrogen and oxygen atoms in total. The Morgan fingerprint density at radius 2 is 2.18 bits per heavy atom. The van der Waals surface area contributed by atoms with E-state index < -0.39 is 0 Å². The summed E-state index contributed by atoms with van der Waals surface area (Å²) in [7, 11) is 1.67. The molecule has 0 aliphatic carbocycles. The van der Waals surface area contributed by atoms with Crippen molar-refractivity contribution in [2.75, 3.05) is 13.7 Å². The lowest BCUT2D eigenvalue weighted by atomic mass is 10.2. The summed E-state index contributed by atoms with van der Waals surface area (Å²) in [5.74, 6) is 0. The van der Waals surface area contributed by atoms with Gasteiger partial charge in [-0.15, -0.1) is 5.10 Å². The van der Waals surface area contributed by atoms with Crippen LogP contribution in [0.3, 0.4) is 0 Å². The highest BCUT2D eigenvalue weighted by Gasteiger charge is 2.08. The number of halogens is 2. The van der Waals surface area contributed by atoms with Crippen molar-refractivity contribution in [3.8, 4) is 0 Å². The predicted molar refractivity (Wildman–Crippen MR) is 71.7 cm³/mol. The average Bonchev–Trinajstić information content (AvgIpc) is 2.62. The van der Waals surface area contributed by atoms with Crippen LogP contribution in [0.2, 0.25) is 0 Å². The predicted octanol–water partition coefficient (Wildman–Crippen LogP) is 2.98. The molecule has 0 saturated carbocycles. The first-order chi connectivity index (χ1) is 8.17. The highest BCUT2D eigenvalue weighted by atomic mass is 79.9. The number of rotatable bonds is 8. The summed E-state index contributed by atoms with van der Waals surface area (Å²) < 4.78 is 13.8. The van der Waals surface area contributed by atoms with Gasteiger partial charge in [0, 0.05) is 7.11 Å². The van der Waals surface area contributed by atoms with Crippen molar-refractivity contribution in [1.82, 2.24) is 14.8 Å². The molecule has 1 unspecified atom stereocenters. The van der Waals surface area contributed by atoms with Gasteiger partial charge >= 0.3 is 0 Å². The first-order valence-electron chi connectivity index (χ1n) is 5.57. The fraction of sp³-hybridized carbons (Fsp3) is 0.800. The summed E-state index contributed by atoms with van der Waals surface area (Å²) in [5.41, 5.74) is 0. The Balaban J connectivity index is 2.28. The van der Waals surface area contributed by atoms with Gasteiger partial charge < -0.3 is 9.47 Å². The topological polar surface area (TPSA) is 49.2 Å². The molecule has 1 atom stereocenters. The van der Waals surface area contributed by atoms with Crippen LogP contribution in [0.4, 0.5) is 0 Å². The maximum Gasteiger partial charge on any atom is 0.218 e. The third-order valence-electron chi connectivity index (χ3n) is 2.26. The number of nitrogens with zero attached hydrogens (tertiary/aromatic N) is 3. The summed E-state index contributed by atoms with van der Waals surface area (Å²) in [6, 6.07) is 0. The molecule has 0 spiro atoms. The average molecular weight is 371 g/mol. The van der Waals surface area contributed by atoms with Crippen molar-refractivity contribution in [2.24, 2.45) is 0 Å². The van der Waals surface area contributed by atoms with E-state index in [1.807, 2.05) is 0 Å². The first-order valence-corrected chi connectivity index (χ1v) is 7.16. The zero-order valence-corrected chi connectivity index (χ0v) is 13.2. The van der Waals surface area contributed by atoms with Crippen LogP contribution in [0.5, 0.6) is 0 Å². The fourth-order valence-electron chi connectivity index (χ4n) is 1.35. The molecule has 0 aliphatic heterocycles. The van der Waals surface area contributed by atoms with Crippen LogP contribution in [-0.4, -0.2) is 34.8 Å². The van der Waals surface area contributed by atoms with E-state index in [-0.39, 0.29) is 6.29 Å². The molecule has 1 rings (SSSR count). The Morgan fingerprint density at radius 3 is 2.71 bits per heavy atom. The van der Waals surface area contributed by atoms with Crippen molar-refractivity contribution in [2.45, 2.75) is 39.0 Å². The van der Waals surface area contributed by atoms with Gasteiger partial charge in [0.2, 0.25) is 4.73 Å². The lowest BCUT2D eigenvalue weighted by Gasteiger charge is -2.15. The van der Waals surface area contributed by atoms with E-state index >= 15 is 0 Å². The van der Waals surface area contributed by atoms with Crippen LogP contribution in [0.15, 0.2) is 9.47 Å². The summed E-state index contributed by atoms with van der Waals surface area (Å²) in [6.07, 6.45) is 3.05. The Labute approximate surface area is 118 Å². The number of methoxy groups -OCH3 is 1. The van der Waals surface area contributed by atoms with Crippen LogP contribution in [0, 0.1) is 0 Å². The van der Waals surface area contributed by atoms with Crippen LogP contribution in [-0.2, 0) is 16.0 Å². The molecule has 0 aliphatic rings. The molecular weight excluding hydrogens is 354 g/mol. The minimum absolute atomic E-state index is 0.124. The van der Waals surface area contributed by atoms with E-state index in [9.17, 15) is 0 Å². The van der Waals surface area contributed by atoms with E-state index in [0.717, 1.165) is 19.3 Å². The molecule has 0 bridgehead atoms. The molecule has 0 radical (unpaired) electrons. The molecule has 1 heterocycles. The summed E-state index contributed by atoms with van der Waals surface area (Å²) >= 11 is 6.53. The van der Waals surface area contributed by atoms with Gasteiger partial charge in [0.15, 0.2) is 11.0 Å². The van der Waals surface area contributed by atoms with Crippen molar-refractivity contribution in [1.29, 1.82) is 0 Å². The Morgan fingerprint density at radius 1 is 1.41 bits per heavy atom. The fourth-order valence-corrected chi connectivity index (χ4v) is 2.37. The van der Waals surface area contributed by atoms with E-state index in [1.54, 1.807) is 11.8 Å². The third-order valence-corrected chi connectivity index (χ3v) is 3.19. The lowest BCUT2D eigenvalue weighted by molar-refractivity contribution is -0.130. The van der Waals surface area contributed by atoms with Gasteiger partial charge in [0.1, 0.15) is 0 Å². The second-order valence-corrected chi connectivity index (χ2v) is 4.97. The molecule has 0 N–H and O–H groups in total. The van der Waals surface area contributed by atoms with Crippen LogP contribution in [0.1, 0.15) is 26.2 Å². The highest BCUT2D eigenvalue weighted by Crippen LogP contribution is 2.11. The normalized spacial score (nSPS) is 12.9. The zero-order chi connectivity index (χ0) is 12.7. The molecule has 7 heteroatoms. The van der Waals surface area contributed by atoms with Crippen molar-refractivity contribution >= 4 is 31.9 Å². The molecule has 1 aromatic rings. The SMILES string of the molecule is CCCCC(OC)OCCn1nc(Br)nc1Br. The molecule has 0 amide bonds. The van der Waals surface area contributed by atoms with Crippen LogP contribution < -0.4 is 0 Å². The Hall–Kier alpha value is 0.0200. The number of hydrogen-bond donors (Lipinski definition) is 0. The third kappa shape index (κ3) is 5.46. The summed E-state index contributed by atoms with van der Waals surface area (Å²) in [5, 5.41) is 4.15.